The number of hydrogen-bond donors (Lipinski definition) is 2. The Morgan fingerprint density at radius 2 is 2.03 bits per heavy atom. The largest absolute Gasteiger partial charge is 0.324 e. The van der Waals surface area contributed by atoms with Crippen LogP contribution in [-0.2, 0) is 29.1 Å². The lowest BCUT2D eigenvalue weighted by atomic mass is 9.89. The molecular weight excluding hydrogens is 472 g/mol. The van der Waals surface area contributed by atoms with Gasteiger partial charge in [-0.2, -0.15) is 14.6 Å². The summed E-state index contributed by atoms with van der Waals surface area (Å²) in [5.41, 5.74) is 5.35. The molecule has 0 saturated carbocycles. The normalized spacial score (nSPS) is 13.7. The van der Waals surface area contributed by atoms with Crippen molar-refractivity contribution in [1.82, 2.24) is 19.9 Å². The van der Waals surface area contributed by atoms with Gasteiger partial charge in [-0.3, -0.25) is 0 Å². The van der Waals surface area contributed by atoms with Crippen LogP contribution in [0.4, 0.5) is 29.1 Å². The summed E-state index contributed by atoms with van der Waals surface area (Å²) in [6.45, 7) is 6.44. The average molecular weight is 505 g/mol. The van der Waals surface area contributed by atoms with E-state index in [0.717, 1.165) is 31.6 Å². The van der Waals surface area contributed by atoms with Crippen LogP contribution >= 0.6 is 0 Å². The molecule has 1 aromatic carbocycles. The third-order valence-electron chi connectivity index (χ3n) is 5.71. The van der Waals surface area contributed by atoms with E-state index in [4.69, 9.17) is 0 Å². The van der Waals surface area contributed by atoms with Gasteiger partial charge < -0.3 is 15.5 Å². The topological polar surface area (TPSA) is 119 Å². The first kappa shape index (κ1) is 25.5. The summed E-state index contributed by atoms with van der Waals surface area (Å²) in [5.74, 6) is 2.04. The summed E-state index contributed by atoms with van der Waals surface area (Å²) < 4.78 is 16.2. The van der Waals surface area contributed by atoms with Crippen LogP contribution in [0.2, 0.25) is 0 Å². The van der Waals surface area contributed by atoms with Gasteiger partial charge in [-0.15, -0.1) is 0 Å². The van der Waals surface area contributed by atoms with E-state index >= 15 is 0 Å². The number of nitrogens with one attached hydrogen (secondary N) is 2. The maximum absolute atomic E-state index is 12.0. The third kappa shape index (κ3) is 6.56. The lowest BCUT2D eigenvalue weighted by molar-refractivity contribution is 0.312. The number of benzene rings is 1. The van der Waals surface area contributed by atoms with Crippen LogP contribution < -0.4 is 10.6 Å². The highest BCUT2D eigenvalue weighted by Crippen LogP contribution is 2.30. The fourth-order valence-corrected chi connectivity index (χ4v) is 4.82. The Morgan fingerprint density at radius 1 is 1.22 bits per heavy atom. The molecule has 4 rings (SSSR count). The number of aromatic nitrogens is 3. The fourth-order valence-electron chi connectivity index (χ4n) is 4.26. The minimum absolute atomic E-state index is 0.284. The smallest absolute Gasteiger partial charge is 0.229 e. The number of hydrogen-bond acceptors (Lipinski definition) is 9. The Labute approximate surface area is 213 Å². The molecular formula is C26H32N8OS. The second-order valence-electron chi connectivity index (χ2n) is 9.83. The Kier molecular flexibility index (Phi) is 7.52. The van der Waals surface area contributed by atoms with E-state index < -0.39 is 9.73 Å². The summed E-state index contributed by atoms with van der Waals surface area (Å²) in [6, 6.07) is 11.7. The Hall–Kier alpha value is -3.55. The van der Waals surface area contributed by atoms with Crippen molar-refractivity contribution in [1.29, 1.82) is 5.26 Å². The molecule has 3 aromatic rings. The molecule has 188 valence electrons. The summed E-state index contributed by atoms with van der Waals surface area (Å²) in [5, 5.41) is 16.0. The van der Waals surface area contributed by atoms with Gasteiger partial charge >= 0.3 is 0 Å². The molecule has 0 radical (unpaired) electrons. The van der Waals surface area contributed by atoms with Gasteiger partial charge in [0.05, 0.1) is 6.20 Å². The van der Waals surface area contributed by atoms with E-state index in [1.807, 2.05) is 0 Å². The molecule has 0 bridgehead atoms. The van der Waals surface area contributed by atoms with Crippen LogP contribution in [0.3, 0.4) is 0 Å². The molecule has 1 aliphatic rings. The Bertz CT molecular complexity index is 1430. The fraction of sp³-hybridized carbons (Fsp3) is 0.385. The first-order valence-electron chi connectivity index (χ1n) is 11.9. The van der Waals surface area contributed by atoms with Crippen LogP contribution in [0.5, 0.6) is 0 Å². The van der Waals surface area contributed by atoms with Crippen molar-refractivity contribution in [3.63, 3.8) is 0 Å². The predicted molar refractivity (Wildman–Crippen MR) is 145 cm³/mol. The molecule has 0 amide bonds. The van der Waals surface area contributed by atoms with Gasteiger partial charge in [0.1, 0.15) is 17.5 Å². The van der Waals surface area contributed by atoms with Crippen LogP contribution in [0.15, 0.2) is 40.9 Å². The Morgan fingerprint density at radius 3 is 2.75 bits per heavy atom. The molecule has 2 aromatic heterocycles. The van der Waals surface area contributed by atoms with Crippen LogP contribution in [-0.4, -0.2) is 50.2 Å². The highest BCUT2D eigenvalue weighted by Gasteiger charge is 2.19. The number of pyridine rings is 1. The third-order valence-corrected chi connectivity index (χ3v) is 6.33. The Balaban J connectivity index is 1.64. The van der Waals surface area contributed by atoms with Gasteiger partial charge in [0.15, 0.2) is 11.6 Å². The monoisotopic (exact) mass is 504 g/mol. The van der Waals surface area contributed by atoms with E-state index in [1.165, 1.54) is 22.9 Å². The van der Waals surface area contributed by atoms with Crippen LogP contribution in [0, 0.1) is 17.2 Å². The maximum Gasteiger partial charge on any atom is 0.229 e. The zero-order chi connectivity index (χ0) is 25.9. The number of likely N-dealkylation sites (N-methyl/N-ethyl adjacent to an activating group) is 1. The van der Waals surface area contributed by atoms with E-state index in [1.54, 1.807) is 30.7 Å². The van der Waals surface area contributed by atoms with Gasteiger partial charge in [-0.05, 0) is 66.8 Å². The first-order chi connectivity index (χ1) is 17.1. The highest BCUT2D eigenvalue weighted by atomic mass is 32.2. The minimum Gasteiger partial charge on any atom is -0.324 e. The molecule has 3 heterocycles. The quantitative estimate of drug-likeness (QED) is 0.472. The number of anilines is 4. The molecule has 1 aliphatic heterocycles. The summed E-state index contributed by atoms with van der Waals surface area (Å²) in [6.07, 6.45) is 6.65. The predicted octanol–water partition coefficient (Wildman–Crippen LogP) is 4.78. The molecule has 0 atom stereocenters. The SMILES string of the molecule is CC(C)Cc1cc(Nc2ncc(C#N)c(Nc3cccc(N=S(C)(C)=O)n3)n2)cc2c1CCN(C)C2. The van der Waals surface area contributed by atoms with Crippen molar-refractivity contribution < 1.29 is 4.21 Å². The molecule has 0 spiro atoms. The number of rotatable bonds is 7. The zero-order valence-electron chi connectivity index (χ0n) is 21.4. The van der Waals surface area contributed by atoms with Gasteiger partial charge in [-0.1, -0.05) is 19.9 Å². The summed E-state index contributed by atoms with van der Waals surface area (Å²) in [7, 11) is -0.207. The maximum atomic E-state index is 12.0. The molecule has 9 nitrogen and oxygen atoms in total. The standard InChI is InChI=1S/C26H32N8OS/c1-17(2)11-18-12-21(13-19-16-34(3)10-9-22(18)19)29-26-28-15-20(14-27)25(32-26)31-23-7-6-8-24(30-23)33-36(4,5)35/h6-8,12-13,15,17H,9-11,16H2,1-5H3,(H2,28,29,30,31,32). The van der Waals surface area contributed by atoms with Gasteiger partial charge in [0.2, 0.25) is 5.95 Å². The lowest BCUT2D eigenvalue weighted by Crippen LogP contribution is -2.27. The molecule has 2 N–H and O–H groups in total. The second-order valence-corrected chi connectivity index (χ2v) is 12.4. The van der Waals surface area contributed by atoms with E-state index in [9.17, 15) is 9.47 Å². The average Bonchev–Trinajstić information content (AvgIpc) is 2.78. The van der Waals surface area contributed by atoms with E-state index in [0.29, 0.717) is 29.3 Å². The van der Waals surface area contributed by atoms with Crippen molar-refractivity contribution in [3.8, 4) is 6.07 Å². The molecule has 0 aliphatic carbocycles. The number of fused-ring (bicyclic) bond motifs is 1. The van der Waals surface area contributed by atoms with Crippen molar-refractivity contribution in [2.75, 3.05) is 36.7 Å². The van der Waals surface area contributed by atoms with E-state index in [-0.39, 0.29) is 5.56 Å². The lowest BCUT2D eigenvalue weighted by Gasteiger charge is -2.28. The molecule has 0 fully saturated rings. The highest BCUT2D eigenvalue weighted by molar-refractivity contribution is 7.92. The van der Waals surface area contributed by atoms with Crippen molar-refractivity contribution in [2.45, 2.75) is 33.2 Å². The van der Waals surface area contributed by atoms with Gasteiger partial charge in [0.25, 0.3) is 0 Å². The molecule has 36 heavy (non-hydrogen) atoms. The second kappa shape index (κ2) is 10.6. The first-order valence-corrected chi connectivity index (χ1v) is 14.2. The number of nitrogens with zero attached hydrogens (tertiary/aromatic N) is 6. The van der Waals surface area contributed by atoms with Crippen molar-refractivity contribution >= 4 is 38.8 Å². The van der Waals surface area contributed by atoms with Gasteiger partial charge in [0, 0.05) is 41.0 Å². The van der Waals surface area contributed by atoms with Crippen molar-refractivity contribution in [2.24, 2.45) is 10.3 Å². The van der Waals surface area contributed by atoms with Crippen LogP contribution in [0.25, 0.3) is 0 Å². The zero-order valence-corrected chi connectivity index (χ0v) is 22.2. The van der Waals surface area contributed by atoms with Crippen LogP contribution in [0.1, 0.15) is 36.1 Å². The van der Waals surface area contributed by atoms with Gasteiger partial charge in [-0.25, -0.2) is 14.2 Å². The minimum atomic E-state index is -2.35. The van der Waals surface area contributed by atoms with Crippen molar-refractivity contribution in [3.05, 3.63) is 58.8 Å². The summed E-state index contributed by atoms with van der Waals surface area (Å²) in [4.78, 5) is 15.6. The summed E-state index contributed by atoms with van der Waals surface area (Å²) >= 11 is 0. The molecule has 10 heteroatoms. The van der Waals surface area contributed by atoms with E-state index in [2.05, 4.69) is 73.9 Å². The molecule has 0 unspecified atom stereocenters. The molecule has 0 saturated heterocycles. The number of nitriles is 1.